The van der Waals surface area contributed by atoms with Crippen molar-refractivity contribution in [1.82, 2.24) is 4.90 Å². The first-order valence-corrected chi connectivity index (χ1v) is 4.46. The van der Waals surface area contributed by atoms with Gasteiger partial charge >= 0.3 is 0 Å². The molecule has 2 saturated heterocycles. The van der Waals surface area contributed by atoms with E-state index in [1.807, 2.05) is 0 Å². The Balaban J connectivity index is 2.20. The van der Waals surface area contributed by atoms with Crippen molar-refractivity contribution in [3.8, 4) is 0 Å². The van der Waals surface area contributed by atoms with Crippen molar-refractivity contribution in [3.63, 3.8) is 0 Å². The molecule has 0 spiro atoms. The minimum Gasteiger partial charge on any atom is -0.366 e. The van der Waals surface area contributed by atoms with Gasteiger partial charge in [-0.05, 0) is 25.7 Å². The van der Waals surface area contributed by atoms with Gasteiger partial charge in [0.1, 0.15) is 0 Å². The Morgan fingerprint density at radius 1 is 1.30 bits per heavy atom. The maximum Gasteiger partial charge on any atom is 0.0810 e. The zero-order chi connectivity index (χ0) is 7.14. The molecule has 1 nitrogen and oxygen atoms in total. The number of piperidine rings is 2. The van der Waals surface area contributed by atoms with E-state index in [9.17, 15) is 0 Å². The van der Waals surface area contributed by atoms with Gasteiger partial charge in [0.25, 0.3) is 0 Å². The number of thiocarbonyl (C=S) groups is 1. The molecule has 0 aromatic heterocycles. The highest BCUT2D eigenvalue weighted by Gasteiger charge is 2.34. The molecule has 0 unspecified atom stereocenters. The van der Waals surface area contributed by atoms with Gasteiger partial charge in [0.15, 0.2) is 0 Å². The van der Waals surface area contributed by atoms with Crippen LogP contribution in [0.25, 0.3) is 0 Å². The normalized spacial score (nSPS) is 38.9. The molecular formula is C8H13NS. The largest absolute Gasteiger partial charge is 0.366 e. The van der Waals surface area contributed by atoms with E-state index in [1.165, 1.54) is 30.7 Å². The molecule has 0 aromatic carbocycles. The third kappa shape index (κ3) is 0.782. The van der Waals surface area contributed by atoms with Crippen LogP contribution in [0.5, 0.6) is 0 Å². The van der Waals surface area contributed by atoms with Crippen LogP contribution in [-0.4, -0.2) is 23.0 Å². The zero-order valence-electron chi connectivity index (χ0n) is 6.34. The van der Waals surface area contributed by atoms with Crippen molar-refractivity contribution in [2.24, 2.45) is 5.92 Å². The molecule has 2 aliphatic heterocycles. The van der Waals surface area contributed by atoms with Crippen molar-refractivity contribution in [3.05, 3.63) is 0 Å². The fourth-order valence-electron chi connectivity index (χ4n) is 2.18. The number of hydrogen-bond acceptors (Lipinski definition) is 1. The highest BCUT2D eigenvalue weighted by Crippen LogP contribution is 2.35. The third-order valence-corrected chi connectivity index (χ3v) is 3.56. The molecule has 0 radical (unpaired) electrons. The van der Waals surface area contributed by atoms with Crippen molar-refractivity contribution in [2.45, 2.75) is 31.7 Å². The van der Waals surface area contributed by atoms with E-state index >= 15 is 0 Å². The summed E-state index contributed by atoms with van der Waals surface area (Å²) in [5, 5.41) is 0. The Kier molecular flexibility index (Phi) is 1.44. The molecule has 10 heavy (non-hydrogen) atoms. The van der Waals surface area contributed by atoms with E-state index in [-0.39, 0.29) is 0 Å². The van der Waals surface area contributed by atoms with Gasteiger partial charge in [0.05, 0.1) is 4.99 Å². The lowest BCUT2D eigenvalue weighted by atomic mass is 9.80. The molecule has 0 amide bonds. The van der Waals surface area contributed by atoms with Gasteiger partial charge in [-0.2, -0.15) is 0 Å². The summed E-state index contributed by atoms with van der Waals surface area (Å²) in [5.41, 5.74) is 0. The van der Waals surface area contributed by atoms with Gasteiger partial charge in [0, 0.05) is 19.0 Å². The predicted molar refractivity (Wildman–Crippen MR) is 46.1 cm³/mol. The second-order valence-electron chi connectivity index (χ2n) is 3.45. The fraction of sp³-hybridized carbons (Fsp3) is 0.875. The van der Waals surface area contributed by atoms with Gasteiger partial charge in [-0.15, -0.1) is 0 Å². The Labute approximate surface area is 67.4 Å². The summed E-state index contributed by atoms with van der Waals surface area (Å²) in [7, 11) is 2.15. The molecular weight excluding hydrogens is 142 g/mol. The van der Waals surface area contributed by atoms with Crippen molar-refractivity contribution in [1.29, 1.82) is 0 Å². The molecule has 2 heteroatoms. The SMILES string of the molecule is CN1C(=S)C2CCC1CC2. The van der Waals surface area contributed by atoms with Gasteiger partial charge < -0.3 is 4.90 Å². The molecule has 0 atom stereocenters. The van der Waals surface area contributed by atoms with E-state index < -0.39 is 0 Å². The van der Waals surface area contributed by atoms with Crippen LogP contribution in [0.4, 0.5) is 0 Å². The Morgan fingerprint density at radius 3 is 2.20 bits per heavy atom. The van der Waals surface area contributed by atoms with Crippen LogP contribution in [0.1, 0.15) is 25.7 Å². The summed E-state index contributed by atoms with van der Waals surface area (Å²) in [6, 6.07) is 0.789. The highest BCUT2D eigenvalue weighted by atomic mass is 32.1. The van der Waals surface area contributed by atoms with E-state index in [4.69, 9.17) is 12.2 Å². The average molecular weight is 155 g/mol. The van der Waals surface area contributed by atoms with E-state index in [2.05, 4.69) is 11.9 Å². The smallest absolute Gasteiger partial charge is 0.0810 e. The number of fused-ring (bicyclic) bond motifs is 3. The Morgan fingerprint density at radius 2 is 1.90 bits per heavy atom. The lowest BCUT2D eigenvalue weighted by molar-refractivity contribution is 0.202. The average Bonchev–Trinajstić information content (AvgIpc) is 2.00. The van der Waals surface area contributed by atoms with Crippen LogP contribution in [0, 0.1) is 5.92 Å². The van der Waals surface area contributed by atoms with Crippen LogP contribution >= 0.6 is 12.2 Å². The van der Waals surface area contributed by atoms with E-state index in [1.54, 1.807) is 0 Å². The van der Waals surface area contributed by atoms with E-state index in [0.29, 0.717) is 0 Å². The van der Waals surface area contributed by atoms with Crippen LogP contribution in [0.2, 0.25) is 0 Å². The fourth-order valence-corrected chi connectivity index (χ4v) is 2.56. The van der Waals surface area contributed by atoms with Crippen LogP contribution in [0.15, 0.2) is 0 Å². The van der Waals surface area contributed by atoms with Crippen molar-refractivity contribution in [2.75, 3.05) is 7.05 Å². The molecule has 0 N–H and O–H groups in total. The predicted octanol–water partition coefficient (Wildman–Crippen LogP) is 1.82. The second-order valence-corrected chi connectivity index (χ2v) is 3.87. The minimum atomic E-state index is 0.755. The third-order valence-electron chi connectivity index (χ3n) is 2.94. The molecule has 1 aliphatic carbocycles. The summed E-state index contributed by atoms with van der Waals surface area (Å²) >= 11 is 5.31. The monoisotopic (exact) mass is 155 g/mol. The summed E-state index contributed by atoms with van der Waals surface area (Å²) in [4.78, 5) is 3.54. The maximum absolute atomic E-state index is 5.31. The summed E-state index contributed by atoms with van der Waals surface area (Å²) in [5.74, 6) is 0.755. The lowest BCUT2D eigenvalue weighted by Gasteiger charge is -2.45. The summed E-state index contributed by atoms with van der Waals surface area (Å²) < 4.78 is 0. The van der Waals surface area contributed by atoms with Crippen LogP contribution < -0.4 is 0 Å². The van der Waals surface area contributed by atoms with Crippen molar-refractivity contribution >= 4 is 17.2 Å². The first-order chi connectivity index (χ1) is 4.79. The quantitative estimate of drug-likeness (QED) is 0.491. The molecule has 3 aliphatic rings. The van der Waals surface area contributed by atoms with Crippen molar-refractivity contribution < 1.29 is 0 Å². The van der Waals surface area contributed by atoms with Crippen LogP contribution in [0.3, 0.4) is 0 Å². The summed E-state index contributed by atoms with van der Waals surface area (Å²) in [6.07, 6.45) is 5.46. The van der Waals surface area contributed by atoms with E-state index in [0.717, 1.165) is 12.0 Å². The van der Waals surface area contributed by atoms with Gasteiger partial charge in [-0.3, -0.25) is 0 Å². The second kappa shape index (κ2) is 2.19. The first kappa shape index (κ1) is 6.59. The molecule has 2 heterocycles. The molecule has 1 saturated carbocycles. The molecule has 0 aromatic rings. The van der Waals surface area contributed by atoms with Gasteiger partial charge in [-0.1, -0.05) is 12.2 Å². The number of nitrogens with zero attached hydrogens (tertiary/aromatic N) is 1. The molecule has 3 rings (SSSR count). The topological polar surface area (TPSA) is 3.24 Å². The Hall–Kier alpha value is -0.110. The molecule has 3 fully saturated rings. The lowest BCUT2D eigenvalue weighted by Crippen LogP contribution is -2.48. The first-order valence-electron chi connectivity index (χ1n) is 4.05. The number of hydrogen-bond donors (Lipinski definition) is 0. The standard InChI is InChI=1S/C8H13NS/c1-9-7-4-2-6(3-5-7)8(9)10/h6-7H,2-5H2,1H3. The minimum absolute atomic E-state index is 0.755. The Bertz CT molecular complexity index is 155. The summed E-state index contributed by atoms with van der Waals surface area (Å²) in [6.45, 7) is 0. The number of rotatable bonds is 0. The highest BCUT2D eigenvalue weighted by molar-refractivity contribution is 7.80. The zero-order valence-corrected chi connectivity index (χ0v) is 7.16. The van der Waals surface area contributed by atoms with Gasteiger partial charge in [0.2, 0.25) is 0 Å². The van der Waals surface area contributed by atoms with Crippen LogP contribution in [-0.2, 0) is 0 Å². The maximum atomic E-state index is 5.31. The molecule has 56 valence electrons. The van der Waals surface area contributed by atoms with Gasteiger partial charge in [-0.25, -0.2) is 0 Å². The molecule has 2 bridgehead atoms.